The van der Waals surface area contributed by atoms with Gasteiger partial charge in [0.2, 0.25) is 0 Å². The van der Waals surface area contributed by atoms with Crippen LogP contribution in [-0.2, 0) is 16.1 Å². The molecule has 1 heterocycles. The molecule has 0 spiro atoms. The molecule has 6 nitrogen and oxygen atoms in total. The zero-order valence-corrected chi connectivity index (χ0v) is 13.7. The second-order valence-electron chi connectivity index (χ2n) is 5.23. The van der Waals surface area contributed by atoms with E-state index in [2.05, 4.69) is 10.3 Å². The minimum atomic E-state index is -0.792. The van der Waals surface area contributed by atoms with E-state index < -0.39 is 5.97 Å². The van der Waals surface area contributed by atoms with Crippen LogP contribution in [0.25, 0.3) is 0 Å². The number of nitrogens with one attached hydrogen (secondary N) is 1. The molecular formula is C18H13ClN4O2. The molecule has 7 heteroatoms. The van der Waals surface area contributed by atoms with E-state index >= 15 is 0 Å². The Labute approximate surface area is 149 Å². The van der Waals surface area contributed by atoms with E-state index in [0.29, 0.717) is 17.1 Å². The van der Waals surface area contributed by atoms with Gasteiger partial charge >= 0.3 is 5.97 Å². The fraction of sp³-hybridized carbons (Fsp3) is 0.0556. The summed E-state index contributed by atoms with van der Waals surface area (Å²) in [5.41, 5.74) is 8.13. The first kappa shape index (κ1) is 16.6. The van der Waals surface area contributed by atoms with E-state index in [9.17, 15) is 10.1 Å². The number of aliphatic imine (C=N–C) groups is 1. The van der Waals surface area contributed by atoms with Crippen molar-refractivity contribution < 1.29 is 9.53 Å². The van der Waals surface area contributed by atoms with Crippen molar-refractivity contribution in [2.75, 3.05) is 11.1 Å². The van der Waals surface area contributed by atoms with Gasteiger partial charge in [0.05, 0.1) is 11.4 Å². The highest BCUT2D eigenvalue weighted by molar-refractivity contribution is 6.70. The summed E-state index contributed by atoms with van der Waals surface area (Å²) >= 11 is 6.12. The normalized spacial score (nSPS) is 14.5. The highest BCUT2D eigenvalue weighted by Gasteiger charge is 2.24. The van der Waals surface area contributed by atoms with Crippen LogP contribution in [-0.4, -0.2) is 11.1 Å². The number of halogens is 1. The largest absolute Gasteiger partial charge is 0.457 e. The minimum Gasteiger partial charge on any atom is -0.457 e. The van der Waals surface area contributed by atoms with Crippen LogP contribution in [0, 0.1) is 11.3 Å². The minimum absolute atomic E-state index is 0.00627. The van der Waals surface area contributed by atoms with E-state index in [1.54, 1.807) is 36.4 Å². The zero-order valence-electron chi connectivity index (χ0n) is 13.0. The van der Waals surface area contributed by atoms with Crippen molar-refractivity contribution >= 4 is 39.8 Å². The van der Waals surface area contributed by atoms with Gasteiger partial charge in [-0.1, -0.05) is 35.9 Å². The summed E-state index contributed by atoms with van der Waals surface area (Å²) in [5.74, 6) is -0.792. The number of hydrogen-bond donors (Lipinski definition) is 2. The maximum atomic E-state index is 12.3. The van der Waals surface area contributed by atoms with Gasteiger partial charge in [-0.3, -0.25) is 0 Å². The number of nitrogens with two attached hydrogens (primary N) is 1. The summed E-state index contributed by atoms with van der Waals surface area (Å²) in [6.07, 6.45) is 0. The van der Waals surface area contributed by atoms with Crippen LogP contribution in [0.5, 0.6) is 0 Å². The molecule has 0 fully saturated rings. The molecule has 0 bridgehead atoms. The molecule has 0 radical (unpaired) electrons. The second-order valence-corrected chi connectivity index (χ2v) is 5.59. The lowest BCUT2D eigenvalue weighted by Gasteiger charge is -2.18. The molecule has 1 aliphatic heterocycles. The van der Waals surface area contributed by atoms with Crippen molar-refractivity contribution in [1.82, 2.24) is 0 Å². The smallest absolute Gasteiger partial charge is 0.351 e. The molecule has 0 unspecified atom stereocenters. The molecule has 124 valence electrons. The lowest BCUT2D eigenvalue weighted by atomic mass is 10.1. The van der Waals surface area contributed by atoms with E-state index in [4.69, 9.17) is 22.1 Å². The standard InChI is InChI=1S/C18H13ClN4O2/c19-17-16(22-14-6-1-2-7-15(14)23-17)13(9-20)18(24)25-10-11-4-3-5-12(21)8-11/h1-8,22H,10,21H2. The van der Waals surface area contributed by atoms with Crippen molar-refractivity contribution in [1.29, 1.82) is 5.26 Å². The second kappa shape index (κ2) is 7.07. The molecule has 2 aromatic carbocycles. The average molecular weight is 353 g/mol. The number of nitriles is 1. The fourth-order valence-electron chi connectivity index (χ4n) is 2.30. The van der Waals surface area contributed by atoms with Gasteiger partial charge in [-0.25, -0.2) is 9.79 Å². The van der Waals surface area contributed by atoms with Gasteiger partial charge in [0.1, 0.15) is 18.4 Å². The molecule has 3 rings (SSSR count). The van der Waals surface area contributed by atoms with Crippen molar-refractivity contribution in [3.8, 4) is 6.07 Å². The Bertz CT molecular complexity index is 944. The lowest BCUT2D eigenvalue weighted by molar-refractivity contribution is -0.139. The molecule has 0 amide bonds. The topological polar surface area (TPSA) is 100 Å². The number of nitrogen functional groups attached to an aromatic ring is 1. The lowest BCUT2D eigenvalue weighted by Crippen LogP contribution is -2.18. The van der Waals surface area contributed by atoms with Gasteiger partial charge in [-0.2, -0.15) is 5.26 Å². The Morgan fingerprint density at radius 1 is 1.28 bits per heavy atom. The number of fused-ring (bicyclic) bond motifs is 1. The highest BCUT2D eigenvalue weighted by Crippen LogP contribution is 2.32. The van der Waals surface area contributed by atoms with E-state index in [-0.39, 0.29) is 23.0 Å². The van der Waals surface area contributed by atoms with Gasteiger partial charge in [0.25, 0.3) is 0 Å². The Kier molecular flexibility index (Phi) is 4.68. The van der Waals surface area contributed by atoms with Crippen LogP contribution in [0.1, 0.15) is 5.56 Å². The molecule has 0 aliphatic carbocycles. The monoisotopic (exact) mass is 352 g/mol. The first-order chi connectivity index (χ1) is 12.1. The molecule has 1 aliphatic rings. The first-order valence-corrected chi connectivity index (χ1v) is 7.73. The molecule has 2 aromatic rings. The van der Waals surface area contributed by atoms with Gasteiger partial charge in [0, 0.05) is 5.69 Å². The Balaban J connectivity index is 1.83. The van der Waals surface area contributed by atoms with Crippen LogP contribution in [0.2, 0.25) is 0 Å². The number of rotatable bonds is 3. The number of benzene rings is 2. The quantitative estimate of drug-likeness (QED) is 0.381. The molecule has 0 saturated carbocycles. The fourth-order valence-corrected chi connectivity index (χ4v) is 2.53. The average Bonchev–Trinajstić information content (AvgIpc) is 2.61. The third-order valence-electron chi connectivity index (χ3n) is 3.48. The van der Waals surface area contributed by atoms with Crippen molar-refractivity contribution in [3.63, 3.8) is 0 Å². The van der Waals surface area contributed by atoms with Crippen LogP contribution in [0.4, 0.5) is 17.1 Å². The number of carbonyl (C=O) groups is 1. The Hall–Kier alpha value is -3.30. The number of hydrogen-bond acceptors (Lipinski definition) is 6. The predicted octanol–water partition coefficient (Wildman–Crippen LogP) is 3.48. The molecule has 3 N–H and O–H groups in total. The van der Waals surface area contributed by atoms with Crippen LogP contribution < -0.4 is 11.1 Å². The van der Waals surface area contributed by atoms with Crippen molar-refractivity contribution in [3.05, 3.63) is 65.4 Å². The number of esters is 1. The summed E-state index contributed by atoms with van der Waals surface area (Å²) in [6, 6.07) is 15.9. The number of anilines is 2. The Morgan fingerprint density at radius 3 is 2.84 bits per heavy atom. The van der Waals surface area contributed by atoms with Gasteiger partial charge < -0.3 is 15.8 Å². The van der Waals surface area contributed by atoms with Gasteiger partial charge in [0.15, 0.2) is 10.7 Å². The highest BCUT2D eigenvalue weighted by atomic mass is 35.5. The predicted molar refractivity (Wildman–Crippen MR) is 96.3 cm³/mol. The summed E-state index contributed by atoms with van der Waals surface area (Å²) in [7, 11) is 0. The maximum absolute atomic E-state index is 12.3. The van der Waals surface area contributed by atoms with Crippen LogP contribution in [0.15, 0.2) is 64.8 Å². The summed E-state index contributed by atoms with van der Waals surface area (Å²) in [4.78, 5) is 16.5. The number of allylic oxidation sites excluding steroid dienone is 1. The zero-order chi connectivity index (χ0) is 17.8. The summed E-state index contributed by atoms with van der Waals surface area (Å²) in [6.45, 7) is -0.00627. The maximum Gasteiger partial charge on any atom is 0.351 e. The summed E-state index contributed by atoms with van der Waals surface area (Å²) < 4.78 is 5.20. The molecule has 0 saturated heterocycles. The van der Waals surface area contributed by atoms with E-state index in [1.165, 1.54) is 0 Å². The number of para-hydroxylation sites is 2. The molecule has 25 heavy (non-hydrogen) atoms. The van der Waals surface area contributed by atoms with Crippen molar-refractivity contribution in [2.45, 2.75) is 6.61 Å². The Morgan fingerprint density at radius 2 is 2.08 bits per heavy atom. The third-order valence-corrected chi connectivity index (χ3v) is 3.75. The van der Waals surface area contributed by atoms with E-state index in [0.717, 1.165) is 5.56 Å². The van der Waals surface area contributed by atoms with Gasteiger partial charge in [-0.05, 0) is 29.8 Å². The first-order valence-electron chi connectivity index (χ1n) is 7.35. The van der Waals surface area contributed by atoms with Crippen LogP contribution >= 0.6 is 11.6 Å². The number of nitrogens with zero attached hydrogens (tertiary/aromatic N) is 2. The van der Waals surface area contributed by atoms with Crippen molar-refractivity contribution in [2.24, 2.45) is 4.99 Å². The van der Waals surface area contributed by atoms with E-state index in [1.807, 2.05) is 18.2 Å². The molecule has 0 atom stereocenters. The molecular weight excluding hydrogens is 340 g/mol. The molecule has 0 aromatic heterocycles. The van der Waals surface area contributed by atoms with Gasteiger partial charge in [-0.15, -0.1) is 0 Å². The summed E-state index contributed by atoms with van der Waals surface area (Å²) in [5, 5.41) is 12.4. The third kappa shape index (κ3) is 3.62. The van der Waals surface area contributed by atoms with Crippen LogP contribution in [0.3, 0.4) is 0 Å². The number of carbonyl (C=O) groups excluding carboxylic acids is 1. The number of ether oxygens (including phenoxy) is 1. The SMILES string of the molecule is N#CC(C(=O)OCc1cccc(N)c1)=C1Nc2ccccc2N=C1Cl.